The van der Waals surface area contributed by atoms with Gasteiger partial charge in [-0.15, -0.1) is 0 Å². The Bertz CT molecular complexity index is 153. The van der Waals surface area contributed by atoms with Crippen LogP contribution in [0.15, 0.2) is 0 Å². The fourth-order valence-electron chi connectivity index (χ4n) is 2.37. The van der Waals surface area contributed by atoms with Crippen molar-refractivity contribution in [3.05, 3.63) is 0 Å². The fourth-order valence-corrected chi connectivity index (χ4v) is 2.37. The summed E-state index contributed by atoms with van der Waals surface area (Å²) in [5, 5.41) is 9.33. The zero-order valence-electron chi connectivity index (χ0n) is 9.83. The van der Waals surface area contributed by atoms with Gasteiger partial charge in [-0.05, 0) is 45.3 Å². The average molecular weight is 214 g/mol. The maximum Gasteiger partial charge on any atom is 0.0586 e. The molecular weight excluding hydrogens is 188 g/mol. The Morgan fingerprint density at radius 3 is 2.73 bits per heavy atom. The molecule has 3 N–H and O–H groups in total. The summed E-state index contributed by atoms with van der Waals surface area (Å²) in [6.07, 6.45) is 8.68. The molecule has 0 radical (unpaired) electrons. The van der Waals surface area contributed by atoms with Crippen LogP contribution in [0.3, 0.4) is 0 Å². The zero-order valence-corrected chi connectivity index (χ0v) is 9.83. The first kappa shape index (κ1) is 12.9. The topological polar surface area (TPSA) is 49.5 Å². The van der Waals surface area contributed by atoms with Crippen LogP contribution in [-0.2, 0) is 0 Å². The Morgan fingerprint density at radius 1 is 1.13 bits per heavy atom. The summed E-state index contributed by atoms with van der Waals surface area (Å²) < 4.78 is 0. The number of hydrogen-bond acceptors (Lipinski definition) is 3. The van der Waals surface area contributed by atoms with E-state index in [1.54, 1.807) is 0 Å². The van der Waals surface area contributed by atoms with E-state index in [0.29, 0.717) is 12.6 Å². The minimum absolute atomic E-state index is 0.330. The first-order valence-corrected chi connectivity index (χ1v) is 6.43. The van der Waals surface area contributed by atoms with Crippen LogP contribution in [0, 0.1) is 0 Å². The van der Waals surface area contributed by atoms with Gasteiger partial charge in [-0.1, -0.05) is 19.3 Å². The summed E-state index contributed by atoms with van der Waals surface area (Å²) >= 11 is 0. The van der Waals surface area contributed by atoms with Crippen LogP contribution in [0.25, 0.3) is 0 Å². The minimum Gasteiger partial charge on any atom is -0.395 e. The van der Waals surface area contributed by atoms with Gasteiger partial charge < -0.3 is 10.8 Å². The lowest BCUT2D eigenvalue weighted by molar-refractivity contribution is 0.122. The lowest BCUT2D eigenvalue weighted by atomic mass is 10.1. The molecule has 0 aromatic heterocycles. The third-order valence-electron chi connectivity index (χ3n) is 3.36. The second-order valence-corrected chi connectivity index (χ2v) is 4.57. The molecule has 1 aliphatic rings. The Hall–Kier alpha value is -0.120. The molecule has 0 aromatic carbocycles. The number of likely N-dealkylation sites (tertiary alicyclic amines) is 1. The van der Waals surface area contributed by atoms with Crippen LogP contribution in [-0.4, -0.2) is 42.3 Å². The van der Waals surface area contributed by atoms with Crippen molar-refractivity contribution in [2.45, 2.75) is 51.0 Å². The quantitative estimate of drug-likeness (QED) is 0.656. The maximum atomic E-state index is 9.33. The summed E-state index contributed by atoms with van der Waals surface area (Å²) in [5.41, 5.74) is 5.47. The highest BCUT2D eigenvalue weighted by molar-refractivity contribution is 4.74. The smallest absolute Gasteiger partial charge is 0.0586 e. The van der Waals surface area contributed by atoms with E-state index in [-0.39, 0.29) is 0 Å². The highest BCUT2D eigenvalue weighted by atomic mass is 16.3. The number of unbranched alkanes of at least 4 members (excludes halogenated alkanes) is 2. The van der Waals surface area contributed by atoms with Crippen molar-refractivity contribution >= 4 is 0 Å². The molecule has 0 saturated carbocycles. The van der Waals surface area contributed by atoms with Crippen molar-refractivity contribution in [1.29, 1.82) is 0 Å². The lowest BCUT2D eigenvalue weighted by Gasteiger charge is -2.28. The predicted molar refractivity (Wildman–Crippen MR) is 63.8 cm³/mol. The second-order valence-electron chi connectivity index (χ2n) is 4.57. The van der Waals surface area contributed by atoms with Crippen LogP contribution < -0.4 is 5.73 Å². The van der Waals surface area contributed by atoms with Crippen molar-refractivity contribution in [2.24, 2.45) is 5.73 Å². The number of rotatable bonds is 6. The van der Waals surface area contributed by atoms with Gasteiger partial charge in [0.15, 0.2) is 0 Å². The maximum absolute atomic E-state index is 9.33. The molecule has 15 heavy (non-hydrogen) atoms. The van der Waals surface area contributed by atoms with E-state index in [2.05, 4.69) is 4.90 Å². The molecular formula is C12H26N2O. The number of nitrogens with zero attached hydrogens (tertiary/aromatic N) is 1. The standard InChI is InChI=1S/C12H26N2O/c13-8-4-2-6-10-14-9-5-1-3-7-12(14)11-15/h12,15H,1-11,13H2. The Kier molecular flexibility index (Phi) is 6.98. The number of nitrogens with two attached hydrogens (primary N) is 1. The highest BCUT2D eigenvalue weighted by Gasteiger charge is 2.19. The Balaban J connectivity index is 2.22. The van der Waals surface area contributed by atoms with Crippen molar-refractivity contribution in [2.75, 3.05) is 26.2 Å². The summed E-state index contributed by atoms with van der Waals surface area (Å²) in [7, 11) is 0. The molecule has 90 valence electrons. The Morgan fingerprint density at radius 2 is 2.00 bits per heavy atom. The van der Waals surface area contributed by atoms with Crippen LogP contribution in [0.1, 0.15) is 44.9 Å². The molecule has 1 fully saturated rings. The van der Waals surface area contributed by atoms with Crippen molar-refractivity contribution in [3.8, 4) is 0 Å². The van der Waals surface area contributed by atoms with Gasteiger partial charge in [-0.2, -0.15) is 0 Å². The first-order valence-electron chi connectivity index (χ1n) is 6.43. The average Bonchev–Trinajstić information content (AvgIpc) is 2.49. The number of hydrogen-bond donors (Lipinski definition) is 2. The summed E-state index contributed by atoms with van der Waals surface area (Å²) in [5.74, 6) is 0. The molecule has 1 rings (SSSR count). The number of aliphatic hydroxyl groups is 1. The van der Waals surface area contributed by atoms with E-state index in [4.69, 9.17) is 5.73 Å². The van der Waals surface area contributed by atoms with Gasteiger partial charge in [-0.25, -0.2) is 0 Å². The molecule has 0 aliphatic carbocycles. The lowest BCUT2D eigenvalue weighted by Crippen LogP contribution is -2.38. The van der Waals surface area contributed by atoms with E-state index in [1.165, 1.54) is 45.1 Å². The molecule has 1 aliphatic heterocycles. The van der Waals surface area contributed by atoms with Crippen molar-refractivity contribution < 1.29 is 5.11 Å². The van der Waals surface area contributed by atoms with E-state index in [0.717, 1.165) is 19.5 Å². The van der Waals surface area contributed by atoms with E-state index in [1.807, 2.05) is 0 Å². The molecule has 3 heteroatoms. The first-order chi connectivity index (χ1) is 7.38. The fraction of sp³-hybridized carbons (Fsp3) is 1.00. The molecule has 1 atom stereocenters. The van der Waals surface area contributed by atoms with Gasteiger partial charge in [0.25, 0.3) is 0 Å². The highest BCUT2D eigenvalue weighted by Crippen LogP contribution is 2.17. The molecule has 1 unspecified atom stereocenters. The minimum atomic E-state index is 0.330. The van der Waals surface area contributed by atoms with Gasteiger partial charge in [0, 0.05) is 6.04 Å². The predicted octanol–water partition coefficient (Wildman–Crippen LogP) is 1.35. The van der Waals surface area contributed by atoms with Crippen molar-refractivity contribution in [3.63, 3.8) is 0 Å². The van der Waals surface area contributed by atoms with Crippen LogP contribution in [0.2, 0.25) is 0 Å². The van der Waals surface area contributed by atoms with Gasteiger partial charge >= 0.3 is 0 Å². The van der Waals surface area contributed by atoms with Crippen LogP contribution in [0.4, 0.5) is 0 Å². The third-order valence-corrected chi connectivity index (χ3v) is 3.36. The van der Waals surface area contributed by atoms with Crippen LogP contribution >= 0.6 is 0 Å². The second kappa shape index (κ2) is 8.08. The SMILES string of the molecule is NCCCCCN1CCCCCC1CO. The van der Waals surface area contributed by atoms with Gasteiger partial charge in [-0.3, -0.25) is 4.90 Å². The zero-order chi connectivity index (χ0) is 10.9. The molecule has 3 nitrogen and oxygen atoms in total. The van der Waals surface area contributed by atoms with Gasteiger partial charge in [0.2, 0.25) is 0 Å². The van der Waals surface area contributed by atoms with E-state index >= 15 is 0 Å². The largest absolute Gasteiger partial charge is 0.395 e. The van der Waals surface area contributed by atoms with Gasteiger partial charge in [0.05, 0.1) is 6.61 Å². The molecule has 0 spiro atoms. The summed E-state index contributed by atoms with van der Waals surface area (Å²) in [6, 6.07) is 0.422. The monoisotopic (exact) mass is 214 g/mol. The van der Waals surface area contributed by atoms with E-state index < -0.39 is 0 Å². The molecule has 1 saturated heterocycles. The summed E-state index contributed by atoms with van der Waals surface area (Å²) in [4.78, 5) is 2.48. The third kappa shape index (κ3) is 4.96. The van der Waals surface area contributed by atoms with Crippen LogP contribution in [0.5, 0.6) is 0 Å². The van der Waals surface area contributed by atoms with Gasteiger partial charge in [0.1, 0.15) is 0 Å². The molecule has 0 amide bonds. The summed E-state index contributed by atoms with van der Waals surface area (Å²) in [6.45, 7) is 3.46. The number of aliphatic hydroxyl groups excluding tert-OH is 1. The Labute approximate surface area is 93.6 Å². The molecule has 0 aromatic rings. The normalized spacial score (nSPS) is 24.0. The van der Waals surface area contributed by atoms with E-state index in [9.17, 15) is 5.11 Å². The van der Waals surface area contributed by atoms with Crippen molar-refractivity contribution in [1.82, 2.24) is 4.90 Å². The molecule has 0 bridgehead atoms. The molecule has 1 heterocycles.